The van der Waals surface area contributed by atoms with Crippen LogP contribution in [0.5, 0.6) is 5.75 Å². The quantitative estimate of drug-likeness (QED) is 0.321. The topological polar surface area (TPSA) is 92.0 Å². The molecule has 0 fully saturated rings. The highest BCUT2D eigenvalue weighted by Crippen LogP contribution is 2.26. The molecule has 0 saturated heterocycles. The van der Waals surface area contributed by atoms with Gasteiger partial charge in [-0.25, -0.2) is 8.42 Å². The number of phenolic OH excluding ortho intramolecular Hbond substituents is 1. The van der Waals surface area contributed by atoms with Gasteiger partial charge in [0.25, 0.3) is 0 Å². The predicted octanol–water partition coefficient (Wildman–Crippen LogP) is 5.88. The van der Waals surface area contributed by atoms with Crippen molar-refractivity contribution in [2.24, 2.45) is 9.98 Å². The van der Waals surface area contributed by atoms with E-state index >= 15 is 0 Å². The molecule has 6 nitrogen and oxygen atoms in total. The van der Waals surface area contributed by atoms with Crippen LogP contribution in [0.15, 0.2) is 116 Å². The number of aromatic hydroxyl groups is 1. The van der Waals surface area contributed by atoms with E-state index < -0.39 is 9.84 Å². The van der Waals surface area contributed by atoms with E-state index in [0.29, 0.717) is 16.9 Å². The van der Waals surface area contributed by atoms with Crippen molar-refractivity contribution >= 4 is 49.6 Å². The van der Waals surface area contributed by atoms with Crippen molar-refractivity contribution in [3.05, 3.63) is 107 Å². The van der Waals surface area contributed by atoms with Gasteiger partial charge in [0.1, 0.15) is 5.75 Å². The van der Waals surface area contributed by atoms with Crippen LogP contribution in [0.1, 0.15) is 11.1 Å². The Labute approximate surface area is 200 Å². The summed E-state index contributed by atoms with van der Waals surface area (Å²) in [7, 11) is -3.68. The summed E-state index contributed by atoms with van der Waals surface area (Å²) in [5.74, 6) is 0.106. The van der Waals surface area contributed by atoms with Gasteiger partial charge in [-0.2, -0.15) is 0 Å². The Morgan fingerprint density at radius 3 is 1.88 bits per heavy atom. The summed E-state index contributed by atoms with van der Waals surface area (Å²) < 4.78 is 26.8. The molecule has 4 rings (SSSR count). The maximum atomic E-state index is 13.0. The summed E-state index contributed by atoms with van der Waals surface area (Å²) in [5.41, 5.74) is 2.66. The third kappa shape index (κ3) is 5.60. The van der Waals surface area contributed by atoms with Crippen LogP contribution in [-0.2, 0) is 9.84 Å². The first-order valence-electron chi connectivity index (χ1n) is 9.84. The zero-order chi connectivity index (χ0) is 23.3. The first kappa shape index (κ1) is 22.6. The van der Waals surface area contributed by atoms with Crippen LogP contribution in [0.4, 0.5) is 11.4 Å². The molecule has 1 aromatic heterocycles. The molecule has 164 valence electrons. The molecular formula is C25H18BrN3O3S. The second kappa shape index (κ2) is 9.89. The van der Waals surface area contributed by atoms with Crippen LogP contribution in [-0.4, -0.2) is 30.9 Å². The molecule has 0 amide bonds. The van der Waals surface area contributed by atoms with E-state index in [4.69, 9.17) is 0 Å². The number of hydrogen-bond donors (Lipinski definition) is 1. The molecule has 0 aliphatic heterocycles. The monoisotopic (exact) mass is 519 g/mol. The third-order valence-electron chi connectivity index (χ3n) is 4.71. The number of rotatable bonds is 6. The Balaban J connectivity index is 1.49. The fourth-order valence-corrected chi connectivity index (χ4v) is 4.57. The summed E-state index contributed by atoms with van der Waals surface area (Å²) in [6, 6.07) is 21.4. The molecular weight excluding hydrogens is 502 g/mol. The van der Waals surface area contributed by atoms with Gasteiger partial charge < -0.3 is 5.11 Å². The molecule has 3 aromatic carbocycles. The van der Waals surface area contributed by atoms with Crippen molar-refractivity contribution < 1.29 is 13.5 Å². The van der Waals surface area contributed by atoms with Crippen molar-refractivity contribution in [1.29, 1.82) is 0 Å². The molecule has 0 aliphatic carbocycles. The van der Waals surface area contributed by atoms with Crippen LogP contribution in [0, 0.1) is 0 Å². The molecule has 0 spiro atoms. The second-order valence-corrected chi connectivity index (χ2v) is 9.86. The van der Waals surface area contributed by atoms with E-state index in [0.717, 1.165) is 10.0 Å². The van der Waals surface area contributed by atoms with Crippen LogP contribution in [0.25, 0.3) is 0 Å². The Kier molecular flexibility index (Phi) is 6.76. The smallest absolute Gasteiger partial charge is 0.206 e. The lowest BCUT2D eigenvalue weighted by Crippen LogP contribution is -2.01. The minimum absolute atomic E-state index is 0.106. The van der Waals surface area contributed by atoms with Gasteiger partial charge in [-0.1, -0.05) is 15.9 Å². The Morgan fingerprint density at radius 1 is 0.758 bits per heavy atom. The normalized spacial score (nSPS) is 11.9. The van der Waals surface area contributed by atoms with Crippen LogP contribution < -0.4 is 0 Å². The third-order valence-corrected chi connectivity index (χ3v) is 6.98. The van der Waals surface area contributed by atoms with Gasteiger partial charge in [-0.05, 0) is 84.4 Å². The van der Waals surface area contributed by atoms with Crippen molar-refractivity contribution in [3.8, 4) is 5.75 Å². The summed E-state index contributed by atoms with van der Waals surface area (Å²) in [5, 5.41) is 9.90. The van der Waals surface area contributed by atoms with E-state index in [9.17, 15) is 13.5 Å². The first-order valence-corrected chi connectivity index (χ1v) is 12.1. The van der Waals surface area contributed by atoms with E-state index in [-0.39, 0.29) is 15.5 Å². The Morgan fingerprint density at radius 2 is 1.30 bits per heavy atom. The first-order chi connectivity index (χ1) is 15.9. The van der Waals surface area contributed by atoms with E-state index in [1.165, 1.54) is 30.5 Å². The van der Waals surface area contributed by atoms with Crippen molar-refractivity contribution in [2.75, 3.05) is 0 Å². The highest BCUT2D eigenvalue weighted by molar-refractivity contribution is 9.10. The molecule has 0 aliphatic rings. The molecule has 1 heterocycles. The zero-order valence-corrected chi connectivity index (χ0v) is 19.6. The molecule has 4 aromatic rings. The maximum Gasteiger partial charge on any atom is 0.206 e. The minimum atomic E-state index is -3.68. The van der Waals surface area contributed by atoms with E-state index in [1.54, 1.807) is 61.1 Å². The van der Waals surface area contributed by atoms with Gasteiger partial charge in [0, 0.05) is 34.9 Å². The van der Waals surface area contributed by atoms with Crippen molar-refractivity contribution in [3.63, 3.8) is 0 Å². The van der Waals surface area contributed by atoms with Gasteiger partial charge in [0.05, 0.1) is 21.2 Å². The Hall–Kier alpha value is -3.62. The minimum Gasteiger partial charge on any atom is -0.507 e. The second-order valence-electron chi connectivity index (χ2n) is 6.99. The average molecular weight is 520 g/mol. The van der Waals surface area contributed by atoms with E-state index in [2.05, 4.69) is 30.9 Å². The van der Waals surface area contributed by atoms with Crippen molar-refractivity contribution in [1.82, 2.24) is 4.98 Å². The van der Waals surface area contributed by atoms with Gasteiger partial charge in [-0.3, -0.25) is 15.0 Å². The van der Waals surface area contributed by atoms with Crippen LogP contribution in [0.3, 0.4) is 0 Å². The highest BCUT2D eigenvalue weighted by Gasteiger charge is 2.17. The largest absolute Gasteiger partial charge is 0.507 e. The zero-order valence-electron chi connectivity index (χ0n) is 17.2. The fraction of sp³-hybridized carbons (Fsp3) is 0. The molecule has 0 radical (unpaired) electrons. The van der Waals surface area contributed by atoms with Gasteiger partial charge in [-0.15, -0.1) is 0 Å². The van der Waals surface area contributed by atoms with Crippen LogP contribution >= 0.6 is 15.9 Å². The summed E-state index contributed by atoms with van der Waals surface area (Å²) in [4.78, 5) is 13.0. The van der Waals surface area contributed by atoms with Crippen molar-refractivity contribution in [2.45, 2.75) is 9.79 Å². The number of benzene rings is 3. The molecule has 0 bridgehead atoms. The number of phenols is 1. The number of sulfone groups is 1. The summed E-state index contributed by atoms with van der Waals surface area (Å²) in [6.07, 6.45) is 6.57. The molecule has 8 heteroatoms. The van der Waals surface area contributed by atoms with Gasteiger partial charge >= 0.3 is 0 Å². The SMILES string of the molecule is O=S(=O)(c1ccc(N=Cc2ccncc2)cc1)c1ccc(N=Cc2cc(Br)ccc2O)cc1. The number of pyridine rings is 1. The number of aromatic nitrogens is 1. The fourth-order valence-electron chi connectivity index (χ4n) is 2.93. The summed E-state index contributed by atoms with van der Waals surface area (Å²) in [6.45, 7) is 0. The molecule has 33 heavy (non-hydrogen) atoms. The van der Waals surface area contributed by atoms with E-state index in [1.807, 2.05) is 12.1 Å². The standard InChI is InChI=1S/C25H18BrN3O3S/c26-20-1-10-25(30)19(15-20)17-29-22-4-8-24(9-5-22)33(31,32)23-6-2-21(3-7-23)28-16-18-11-13-27-14-12-18/h1-17,30H. The molecule has 1 N–H and O–H groups in total. The Bertz CT molecular complexity index is 1420. The number of halogens is 1. The molecule has 0 saturated carbocycles. The number of nitrogens with zero attached hydrogens (tertiary/aromatic N) is 3. The van der Waals surface area contributed by atoms with Gasteiger partial charge in [0.15, 0.2) is 0 Å². The number of hydrogen-bond acceptors (Lipinski definition) is 6. The lowest BCUT2D eigenvalue weighted by Gasteiger charge is -2.05. The lowest BCUT2D eigenvalue weighted by atomic mass is 10.2. The molecule has 0 atom stereocenters. The average Bonchev–Trinajstić information content (AvgIpc) is 2.84. The van der Waals surface area contributed by atoms with Gasteiger partial charge in [0.2, 0.25) is 9.84 Å². The summed E-state index contributed by atoms with van der Waals surface area (Å²) >= 11 is 3.35. The maximum absolute atomic E-state index is 13.0. The van der Waals surface area contributed by atoms with Crippen LogP contribution in [0.2, 0.25) is 0 Å². The lowest BCUT2D eigenvalue weighted by molar-refractivity contribution is 0.474. The highest BCUT2D eigenvalue weighted by atomic mass is 79.9. The number of aliphatic imine (C=N–C) groups is 2. The molecule has 0 unspecified atom stereocenters. The predicted molar refractivity (Wildman–Crippen MR) is 133 cm³/mol.